The van der Waals surface area contributed by atoms with Crippen molar-refractivity contribution in [2.75, 3.05) is 185 Å². The first-order chi connectivity index (χ1) is 40.3. The topological polar surface area (TPSA) is 491 Å². The minimum atomic E-state index is -1.91. The molecule has 498 valence electrons. The number of carbonyl (C=O) groups excluding carboxylic acids is 3. The first kappa shape index (κ1) is 80.8. The van der Waals surface area contributed by atoms with Crippen LogP contribution in [0, 0.1) is 5.41 Å². The summed E-state index contributed by atoms with van der Waals surface area (Å²) in [5.41, 5.74) is -0.769. The first-order valence-electron chi connectivity index (χ1n) is 27.7. The Morgan fingerprint density at radius 3 is 1.13 bits per heavy atom. The normalized spacial score (nSPS) is 16.5. The van der Waals surface area contributed by atoms with E-state index in [0.29, 0.717) is 0 Å². The maximum absolute atomic E-state index is 12.5. The minimum Gasteiger partial charge on any atom is -0.506 e. The second-order valence-corrected chi connectivity index (χ2v) is 18.8. The van der Waals surface area contributed by atoms with E-state index in [0.717, 1.165) is 0 Å². The SMILES string of the molecule is CO[C@H](OCCOCCOCCNC(=O)CCOCC(C)(COCCC(=O)NCCOCCOCCO[C@@H](O)/C(O)=C(/O)[C@H](O)CCO)COCCC(=O)NCCOCCOCCO[C@@H](O)C(O)C(O)[C@H](O)CCO)C(O)C(O)[C@H](O)CCO. The average molecular weight is 1230 g/mol. The molecule has 0 heterocycles. The zero-order chi connectivity index (χ0) is 62.8. The summed E-state index contributed by atoms with van der Waals surface area (Å²) in [5, 5.41) is 143. The van der Waals surface area contributed by atoms with E-state index in [1.165, 1.54) is 7.11 Å². The van der Waals surface area contributed by atoms with Gasteiger partial charge in [-0.15, -0.1) is 0 Å². The molecule has 33 heteroatoms. The molecule has 17 N–H and O–H groups in total. The van der Waals surface area contributed by atoms with Crippen LogP contribution in [0.1, 0.15) is 45.4 Å². The van der Waals surface area contributed by atoms with Crippen LogP contribution in [0.15, 0.2) is 11.5 Å². The Bertz CT molecular complexity index is 1630. The molecule has 0 saturated carbocycles. The van der Waals surface area contributed by atoms with Gasteiger partial charge in [0, 0.05) is 77.7 Å². The molecular weight excluding hydrogens is 1130 g/mol. The number of rotatable bonds is 60. The summed E-state index contributed by atoms with van der Waals surface area (Å²) in [7, 11) is 1.25. The number of nitrogens with one attached hydrogen (secondary N) is 3. The highest BCUT2D eigenvalue weighted by molar-refractivity contribution is 5.76. The van der Waals surface area contributed by atoms with Crippen molar-refractivity contribution >= 4 is 17.7 Å². The summed E-state index contributed by atoms with van der Waals surface area (Å²) in [4.78, 5) is 37.5. The van der Waals surface area contributed by atoms with Crippen LogP contribution in [0.5, 0.6) is 0 Å². The third-order valence-electron chi connectivity index (χ3n) is 11.5. The maximum Gasteiger partial charge on any atom is 0.222 e. The zero-order valence-corrected chi connectivity index (χ0v) is 48.4. The second-order valence-electron chi connectivity index (χ2n) is 18.8. The molecule has 5 unspecified atom stereocenters. The van der Waals surface area contributed by atoms with Crippen molar-refractivity contribution in [3.63, 3.8) is 0 Å². The monoisotopic (exact) mass is 1230 g/mol. The summed E-state index contributed by atoms with van der Waals surface area (Å²) in [6, 6.07) is 0. The van der Waals surface area contributed by atoms with Crippen LogP contribution in [0.25, 0.3) is 0 Å². The van der Waals surface area contributed by atoms with Crippen molar-refractivity contribution in [2.24, 2.45) is 5.41 Å². The lowest BCUT2D eigenvalue weighted by Gasteiger charge is -2.29. The Labute approximate surface area is 489 Å². The van der Waals surface area contributed by atoms with E-state index in [1.54, 1.807) is 0 Å². The fraction of sp³-hybridized carbons (Fsp3) is 0.902. The number of aliphatic hydroxyl groups is 14. The van der Waals surface area contributed by atoms with Gasteiger partial charge in [-0.2, -0.15) is 0 Å². The van der Waals surface area contributed by atoms with Crippen LogP contribution in [0.3, 0.4) is 0 Å². The van der Waals surface area contributed by atoms with E-state index in [9.17, 15) is 70.6 Å². The molecule has 0 bridgehead atoms. The van der Waals surface area contributed by atoms with Gasteiger partial charge in [0.05, 0.1) is 151 Å². The van der Waals surface area contributed by atoms with Gasteiger partial charge in [0.15, 0.2) is 24.1 Å². The number of hydrogen-bond donors (Lipinski definition) is 17. The van der Waals surface area contributed by atoms with Crippen molar-refractivity contribution in [3.8, 4) is 0 Å². The highest BCUT2D eigenvalue weighted by Crippen LogP contribution is 2.19. The molecule has 0 saturated heterocycles. The van der Waals surface area contributed by atoms with Crippen LogP contribution in [0.2, 0.25) is 0 Å². The standard InChI is InChI=1S/C51H99N3O30/c1-51(33-79-15-6-39(61)52-9-18-73-21-24-76-27-30-82-48(70)45(67)42(64)36(58)3-12-55,34-80-16-7-40(62)53-10-19-74-22-25-77-28-31-83-49(71)46(68)43(65)37(59)4-13-56)35-81-17-8-41(63)54-11-20-75-23-26-78-29-32-84-50(72-2)47(69)44(66)38(60)5-14-57/h36-38,42,44-45,47-50,55-60,64-71H,3-35H2,1-2H3,(H,52,61)(H,53,62)(H,54,63)/b46-43-/t36-,37-,38-,42?,44?,45?,47?,48-,49-,50-,51?/m1/s1. The van der Waals surface area contributed by atoms with E-state index in [-0.39, 0.29) is 221 Å². The molecule has 0 aromatic heterocycles. The molecule has 0 aromatic rings. The van der Waals surface area contributed by atoms with Gasteiger partial charge in [-0.1, -0.05) is 6.92 Å². The van der Waals surface area contributed by atoms with Gasteiger partial charge in [-0.3, -0.25) is 14.4 Å². The third kappa shape index (κ3) is 41.8. The van der Waals surface area contributed by atoms with Crippen LogP contribution in [-0.4, -0.2) is 336 Å². The van der Waals surface area contributed by atoms with Crippen LogP contribution in [0.4, 0.5) is 0 Å². The number of hydrogen-bond acceptors (Lipinski definition) is 30. The molecule has 0 radical (unpaired) electrons. The van der Waals surface area contributed by atoms with Crippen molar-refractivity contribution in [1.29, 1.82) is 0 Å². The molecule has 84 heavy (non-hydrogen) atoms. The zero-order valence-electron chi connectivity index (χ0n) is 48.4. The minimum absolute atomic E-state index is 0.00434. The summed E-state index contributed by atoms with van der Waals surface area (Å²) in [6.07, 6.45) is -16.6. The lowest BCUT2D eigenvalue weighted by atomic mass is 9.94. The molecular formula is C51H99N3O30. The third-order valence-corrected chi connectivity index (χ3v) is 11.5. The van der Waals surface area contributed by atoms with E-state index in [1.807, 2.05) is 6.92 Å². The summed E-state index contributed by atoms with van der Waals surface area (Å²) >= 11 is 0. The lowest BCUT2D eigenvalue weighted by molar-refractivity contribution is -0.219. The first-order valence-corrected chi connectivity index (χ1v) is 27.7. The Kier molecular flexibility index (Phi) is 50.8. The number of ether oxygens (including phenoxy) is 13. The number of aliphatic hydroxyl groups excluding tert-OH is 14. The number of amides is 3. The predicted molar refractivity (Wildman–Crippen MR) is 288 cm³/mol. The van der Waals surface area contributed by atoms with Crippen molar-refractivity contribution in [3.05, 3.63) is 11.5 Å². The lowest BCUT2D eigenvalue weighted by Crippen LogP contribution is -2.46. The number of methoxy groups -OCH3 is 1. The van der Waals surface area contributed by atoms with Gasteiger partial charge < -0.3 is 149 Å². The van der Waals surface area contributed by atoms with Gasteiger partial charge in [0.25, 0.3) is 0 Å². The highest BCUT2D eigenvalue weighted by Gasteiger charge is 2.33. The Morgan fingerprint density at radius 1 is 0.405 bits per heavy atom. The summed E-state index contributed by atoms with van der Waals surface area (Å²) in [5.74, 6) is -2.80. The molecule has 0 rings (SSSR count). The quantitative estimate of drug-likeness (QED) is 0.0153. The van der Waals surface area contributed by atoms with Crippen LogP contribution < -0.4 is 16.0 Å². The van der Waals surface area contributed by atoms with Gasteiger partial charge in [-0.05, 0) is 12.8 Å². The van der Waals surface area contributed by atoms with Crippen molar-refractivity contribution in [1.82, 2.24) is 16.0 Å². The smallest absolute Gasteiger partial charge is 0.222 e. The highest BCUT2D eigenvalue weighted by atomic mass is 16.7. The van der Waals surface area contributed by atoms with E-state index < -0.39 is 91.7 Å². The van der Waals surface area contributed by atoms with Gasteiger partial charge in [0.1, 0.15) is 30.5 Å². The van der Waals surface area contributed by atoms with Crippen molar-refractivity contribution in [2.45, 2.75) is 107 Å². The molecule has 0 fully saturated rings. The summed E-state index contributed by atoms with van der Waals surface area (Å²) < 4.78 is 70.2. The predicted octanol–water partition coefficient (Wildman–Crippen LogP) is -6.68. The van der Waals surface area contributed by atoms with Gasteiger partial charge in [-0.25, -0.2) is 0 Å². The Balaban J connectivity index is 4.70. The van der Waals surface area contributed by atoms with Crippen LogP contribution in [-0.2, 0) is 76.0 Å². The molecule has 0 aliphatic carbocycles. The van der Waals surface area contributed by atoms with Crippen LogP contribution >= 0.6 is 0 Å². The van der Waals surface area contributed by atoms with Crippen molar-refractivity contribution < 1.29 is 147 Å². The maximum atomic E-state index is 12.5. The molecule has 11 atom stereocenters. The second kappa shape index (κ2) is 52.8. The molecule has 0 spiro atoms. The fourth-order valence-electron chi connectivity index (χ4n) is 6.69. The largest absolute Gasteiger partial charge is 0.506 e. The van der Waals surface area contributed by atoms with Gasteiger partial charge >= 0.3 is 0 Å². The Morgan fingerprint density at radius 2 is 0.750 bits per heavy atom. The molecule has 0 aliphatic rings. The van der Waals surface area contributed by atoms with E-state index in [2.05, 4.69) is 16.0 Å². The molecule has 3 amide bonds. The van der Waals surface area contributed by atoms with E-state index >= 15 is 0 Å². The van der Waals surface area contributed by atoms with E-state index in [4.69, 9.17) is 76.9 Å². The molecule has 0 aromatic carbocycles. The molecule has 0 aliphatic heterocycles. The molecule has 33 nitrogen and oxygen atoms in total. The van der Waals surface area contributed by atoms with Gasteiger partial charge in [0.2, 0.25) is 24.0 Å². The average Bonchev–Trinajstić information content (AvgIpc) is 3.53. The summed E-state index contributed by atoms with van der Waals surface area (Å²) in [6.45, 7) is 2.96. The Hall–Kier alpha value is -3.25. The fourth-order valence-corrected chi connectivity index (χ4v) is 6.69. The number of carbonyl (C=O) groups is 3.